The molecule has 0 aliphatic heterocycles. The highest BCUT2D eigenvalue weighted by atomic mass is 16.5. The number of anilines is 1. The van der Waals surface area contributed by atoms with Gasteiger partial charge in [0.15, 0.2) is 17.1 Å². The van der Waals surface area contributed by atoms with Crippen LogP contribution >= 0.6 is 0 Å². The van der Waals surface area contributed by atoms with E-state index in [2.05, 4.69) is 5.32 Å². The molecule has 1 heterocycles. The number of nitrogens with one attached hydrogen (secondary N) is 1. The van der Waals surface area contributed by atoms with E-state index in [0.29, 0.717) is 28.3 Å². The van der Waals surface area contributed by atoms with Gasteiger partial charge in [-0.15, -0.1) is 0 Å². The van der Waals surface area contributed by atoms with Crippen molar-refractivity contribution in [2.75, 3.05) is 12.4 Å². The number of hydrogen-bond donors (Lipinski definition) is 1. The topological polar surface area (TPSA) is 94.8 Å². The van der Waals surface area contributed by atoms with Gasteiger partial charge in [0.1, 0.15) is 17.1 Å². The molecule has 1 N–H and O–H groups in total. The lowest BCUT2D eigenvalue weighted by molar-refractivity contribution is -0.123. The van der Waals surface area contributed by atoms with Crippen molar-refractivity contribution in [2.24, 2.45) is 0 Å². The summed E-state index contributed by atoms with van der Waals surface area (Å²) in [6.07, 6.45) is -1.11. The number of para-hydroxylation sites is 3. The quantitative estimate of drug-likeness (QED) is 0.411. The van der Waals surface area contributed by atoms with E-state index in [9.17, 15) is 14.4 Å². The maximum Gasteiger partial charge on any atom is 0.342 e. The molecule has 0 bridgehead atoms. The minimum atomic E-state index is -1.11. The summed E-state index contributed by atoms with van der Waals surface area (Å²) >= 11 is 0. The van der Waals surface area contributed by atoms with E-state index >= 15 is 0 Å². The van der Waals surface area contributed by atoms with Gasteiger partial charge in [0.2, 0.25) is 0 Å². The predicted molar refractivity (Wildman–Crippen MR) is 129 cm³/mol. The standard InChI is InChI=1S/C27H23NO6/c1-16-23(29)19-12-9-13-20(25(19)34-24(16)18-10-5-4-6-11-18)27(31)33-17(2)26(30)28-21-14-7-8-15-22(21)32-3/h4-15,17H,1-3H3,(H,28,30). The Hall–Kier alpha value is -4.39. The Kier molecular flexibility index (Phi) is 6.45. The first-order valence-corrected chi connectivity index (χ1v) is 10.7. The molecule has 1 atom stereocenters. The molecule has 0 aliphatic carbocycles. The van der Waals surface area contributed by atoms with Crippen LogP contribution in [0.1, 0.15) is 22.8 Å². The highest BCUT2D eigenvalue weighted by molar-refractivity contribution is 6.04. The SMILES string of the molecule is COc1ccccc1NC(=O)C(C)OC(=O)c1cccc2c(=O)c(C)c(-c3ccccc3)oc12. The fraction of sp³-hybridized carbons (Fsp3) is 0.148. The number of hydrogen-bond acceptors (Lipinski definition) is 6. The molecule has 0 aliphatic rings. The smallest absolute Gasteiger partial charge is 0.342 e. The lowest BCUT2D eigenvalue weighted by Gasteiger charge is -2.16. The molecule has 0 saturated carbocycles. The maximum atomic E-state index is 13.0. The molecule has 1 amide bonds. The summed E-state index contributed by atoms with van der Waals surface area (Å²) in [5.41, 5.74) is 1.54. The van der Waals surface area contributed by atoms with Crippen molar-refractivity contribution in [2.45, 2.75) is 20.0 Å². The highest BCUT2D eigenvalue weighted by Gasteiger charge is 2.24. The summed E-state index contributed by atoms with van der Waals surface area (Å²) in [6, 6.07) is 20.8. The monoisotopic (exact) mass is 457 g/mol. The van der Waals surface area contributed by atoms with Crippen LogP contribution in [0.3, 0.4) is 0 Å². The Morgan fingerprint density at radius 2 is 1.65 bits per heavy atom. The van der Waals surface area contributed by atoms with Gasteiger partial charge in [0.05, 0.1) is 18.2 Å². The lowest BCUT2D eigenvalue weighted by Crippen LogP contribution is -2.30. The van der Waals surface area contributed by atoms with Crippen molar-refractivity contribution < 1.29 is 23.5 Å². The van der Waals surface area contributed by atoms with Gasteiger partial charge in [0.25, 0.3) is 5.91 Å². The molecular formula is C27H23NO6. The number of carbonyl (C=O) groups excluding carboxylic acids is 2. The molecule has 172 valence electrons. The zero-order chi connectivity index (χ0) is 24.2. The minimum absolute atomic E-state index is 0.0590. The molecule has 34 heavy (non-hydrogen) atoms. The fourth-order valence-corrected chi connectivity index (χ4v) is 3.60. The second-order valence-electron chi connectivity index (χ2n) is 7.67. The van der Waals surface area contributed by atoms with E-state index < -0.39 is 18.0 Å². The molecule has 0 spiro atoms. The van der Waals surface area contributed by atoms with Crippen LogP contribution in [0.5, 0.6) is 5.75 Å². The summed E-state index contributed by atoms with van der Waals surface area (Å²) in [6.45, 7) is 3.15. The Labute approximate surface area is 195 Å². The van der Waals surface area contributed by atoms with Crippen molar-refractivity contribution in [3.63, 3.8) is 0 Å². The summed E-state index contributed by atoms with van der Waals surface area (Å²) in [5, 5.41) is 2.95. The maximum absolute atomic E-state index is 13.0. The van der Waals surface area contributed by atoms with Crippen LogP contribution in [-0.4, -0.2) is 25.1 Å². The van der Waals surface area contributed by atoms with Gasteiger partial charge < -0.3 is 19.2 Å². The summed E-state index contributed by atoms with van der Waals surface area (Å²) in [5.74, 6) is -0.450. The van der Waals surface area contributed by atoms with Crippen molar-refractivity contribution in [3.05, 3.63) is 94.1 Å². The van der Waals surface area contributed by atoms with E-state index in [1.54, 1.807) is 43.3 Å². The second kappa shape index (κ2) is 9.62. The number of benzene rings is 3. The molecule has 0 fully saturated rings. The molecule has 0 radical (unpaired) electrons. The van der Waals surface area contributed by atoms with E-state index in [0.717, 1.165) is 0 Å². The number of carbonyl (C=O) groups is 2. The number of rotatable bonds is 6. The van der Waals surface area contributed by atoms with E-state index in [-0.39, 0.29) is 22.0 Å². The number of esters is 1. The third kappa shape index (κ3) is 4.41. The van der Waals surface area contributed by atoms with Crippen LogP contribution in [0, 0.1) is 6.92 Å². The Balaban J connectivity index is 1.64. The summed E-state index contributed by atoms with van der Waals surface area (Å²) in [7, 11) is 1.49. The molecule has 1 aromatic heterocycles. The molecule has 1 unspecified atom stereocenters. The number of amides is 1. The van der Waals surface area contributed by atoms with Crippen molar-refractivity contribution in [1.82, 2.24) is 0 Å². The first kappa shape index (κ1) is 22.8. The largest absolute Gasteiger partial charge is 0.495 e. The second-order valence-corrected chi connectivity index (χ2v) is 7.67. The average Bonchev–Trinajstić information content (AvgIpc) is 2.86. The van der Waals surface area contributed by atoms with Crippen LogP contribution in [-0.2, 0) is 9.53 Å². The normalized spacial score (nSPS) is 11.6. The number of methoxy groups -OCH3 is 1. The highest BCUT2D eigenvalue weighted by Crippen LogP contribution is 2.28. The van der Waals surface area contributed by atoms with Gasteiger partial charge >= 0.3 is 5.97 Å². The summed E-state index contributed by atoms with van der Waals surface area (Å²) in [4.78, 5) is 38.6. The van der Waals surface area contributed by atoms with Crippen LogP contribution in [0.4, 0.5) is 5.69 Å². The predicted octanol–water partition coefficient (Wildman–Crippen LogP) is 4.96. The average molecular weight is 457 g/mol. The molecule has 3 aromatic carbocycles. The molecule has 4 rings (SSSR count). The Morgan fingerprint density at radius 3 is 2.38 bits per heavy atom. The first-order chi connectivity index (χ1) is 16.4. The first-order valence-electron chi connectivity index (χ1n) is 10.7. The zero-order valence-electron chi connectivity index (χ0n) is 19.0. The molecule has 0 saturated heterocycles. The fourth-order valence-electron chi connectivity index (χ4n) is 3.60. The molecule has 4 aromatic rings. The van der Waals surface area contributed by atoms with Gasteiger partial charge in [-0.25, -0.2) is 4.79 Å². The van der Waals surface area contributed by atoms with Gasteiger partial charge in [-0.05, 0) is 38.1 Å². The minimum Gasteiger partial charge on any atom is -0.495 e. The zero-order valence-corrected chi connectivity index (χ0v) is 19.0. The third-order valence-corrected chi connectivity index (χ3v) is 5.42. The summed E-state index contributed by atoms with van der Waals surface area (Å²) < 4.78 is 16.7. The van der Waals surface area contributed by atoms with Gasteiger partial charge in [-0.2, -0.15) is 0 Å². The molecule has 7 heteroatoms. The van der Waals surface area contributed by atoms with Gasteiger partial charge in [-0.1, -0.05) is 48.5 Å². The lowest BCUT2D eigenvalue weighted by atomic mass is 10.0. The van der Waals surface area contributed by atoms with Gasteiger partial charge in [-0.3, -0.25) is 9.59 Å². The van der Waals surface area contributed by atoms with E-state index in [1.807, 2.05) is 30.3 Å². The van der Waals surface area contributed by atoms with Crippen LogP contribution in [0.2, 0.25) is 0 Å². The van der Waals surface area contributed by atoms with Crippen LogP contribution in [0.15, 0.2) is 82.0 Å². The van der Waals surface area contributed by atoms with Gasteiger partial charge in [0, 0.05) is 11.1 Å². The van der Waals surface area contributed by atoms with Crippen molar-refractivity contribution >= 4 is 28.5 Å². The number of ether oxygens (including phenoxy) is 2. The van der Waals surface area contributed by atoms with Crippen molar-refractivity contribution in [3.8, 4) is 17.1 Å². The third-order valence-electron chi connectivity index (χ3n) is 5.42. The van der Waals surface area contributed by atoms with Crippen LogP contribution in [0.25, 0.3) is 22.3 Å². The molecular weight excluding hydrogens is 434 g/mol. The Bertz CT molecular complexity index is 1420. The molecule has 7 nitrogen and oxygen atoms in total. The van der Waals surface area contributed by atoms with E-state index in [4.69, 9.17) is 13.9 Å². The van der Waals surface area contributed by atoms with Crippen LogP contribution < -0.4 is 15.5 Å². The van der Waals surface area contributed by atoms with E-state index in [1.165, 1.54) is 20.1 Å². The number of fused-ring (bicyclic) bond motifs is 1. The Morgan fingerprint density at radius 1 is 0.941 bits per heavy atom. The van der Waals surface area contributed by atoms with Crippen molar-refractivity contribution in [1.29, 1.82) is 0 Å².